The zero-order valence-electron chi connectivity index (χ0n) is 15.3. The fourth-order valence-corrected chi connectivity index (χ4v) is 7.82. The second-order valence-electron chi connectivity index (χ2n) is 9.60. The van der Waals surface area contributed by atoms with Crippen LogP contribution in [0, 0.1) is 39.9 Å². The maximum atomic E-state index is 13.7. The molecular formula is C21H26O5. The number of rotatable bonds is 1. The van der Waals surface area contributed by atoms with E-state index in [1.807, 2.05) is 0 Å². The number of Topliss-reactive ketones (excluding diaryl/α,β-unsaturated/α-hetero) is 2. The van der Waals surface area contributed by atoms with Gasteiger partial charge in [-0.05, 0) is 55.4 Å². The topological polar surface area (TPSA) is 80.7 Å². The summed E-state index contributed by atoms with van der Waals surface area (Å²) in [6, 6.07) is 0. The largest absolute Gasteiger partial charge is 0.465 e. The van der Waals surface area contributed by atoms with Gasteiger partial charge in [0, 0.05) is 11.3 Å². The van der Waals surface area contributed by atoms with Crippen LogP contribution in [-0.2, 0) is 19.1 Å². The molecule has 140 valence electrons. The van der Waals surface area contributed by atoms with Crippen LogP contribution in [0.3, 0.4) is 0 Å². The van der Waals surface area contributed by atoms with Gasteiger partial charge in [-0.1, -0.05) is 19.9 Å². The van der Waals surface area contributed by atoms with Gasteiger partial charge in [-0.2, -0.15) is 0 Å². The fourth-order valence-electron chi connectivity index (χ4n) is 7.82. The lowest BCUT2D eigenvalue weighted by Gasteiger charge is -2.68. The van der Waals surface area contributed by atoms with Crippen molar-refractivity contribution in [2.24, 2.45) is 39.9 Å². The first kappa shape index (κ1) is 16.7. The van der Waals surface area contributed by atoms with Crippen LogP contribution < -0.4 is 0 Å². The van der Waals surface area contributed by atoms with Gasteiger partial charge in [0.15, 0.2) is 11.6 Å². The second-order valence-corrected chi connectivity index (χ2v) is 9.60. The molecule has 5 saturated carbocycles. The number of ether oxygens (including phenoxy) is 1. The third kappa shape index (κ3) is 1.53. The number of cyclic esters (lactones) is 1. The summed E-state index contributed by atoms with van der Waals surface area (Å²) in [7, 11) is 0. The molecule has 0 aromatic carbocycles. The van der Waals surface area contributed by atoms with Crippen molar-refractivity contribution in [3.63, 3.8) is 0 Å². The van der Waals surface area contributed by atoms with Crippen molar-refractivity contribution in [3.8, 4) is 0 Å². The van der Waals surface area contributed by atoms with Crippen molar-refractivity contribution in [1.29, 1.82) is 0 Å². The van der Waals surface area contributed by atoms with Crippen LogP contribution in [0.15, 0.2) is 12.2 Å². The van der Waals surface area contributed by atoms with E-state index in [2.05, 4.69) is 13.5 Å². The number of ketones is 2. The summed E-state index contributed by atoms with van der Waals surface area (Å²) in [5, 5.41) is 10.2. The zero-order chi connectivity index (χ0) is 18.5. The first-order valence-corrected chi connectivity index (χ1v) is 9.89. The second kappa shape index (κ2) is 4.86. The monoisotopic (exact) mass is 358 g/mol. The van der Waals surface area contributed by atoms with Crippen LogP contribution in [0.1, 0.15) is 45.4 Å². The van der Waals surface area contributed by atoms with Crippen LogP contribution in [0.25, 0.3) is 0 Å². The zero-order valence-corrected chi connectivity index (χ0v) is 15.3. The third-order valence-corrected chi connectivity index (χ3v) is 8.75. The van der Waals surface area contributed by atoms with E-state index in [1.54, 1.807) is 0 Å². The number of hydrogen-bond acceptors (Lipinski definition) is 5. The van der Waals surface area contributed by atoms with E-state index in [0.29, 0.717) is 31.4 Å². The number of fused-ring (bicyclic) bond motifs is 2. The van der Waals surface area contributed by atoms with Gasteiger partial charge in [-0.25, -0.2) is 0 Å². The number of hydrogen-bond donors (Lipinski definition) is 1. The molecule has 0 aromatic heterocycles. The number of aliphatic hydroxyl groups excluding tert-OH is 1. The Morgan fingerprint density at radius 1 is 1.23 bits per heavy atom. The van der Waals surface area contributed by atoms with Crippen LogP contribution in [0.2, 0.25) is 0 Å². The van der Waals surface area contributed by atoms with Crippen molar-refractivity contribution in [2.45, 2.75) is 45.4 Å². The van der Waals surface area contributed by atoms with Crippen LogP contribution >= 0.6 is 0 Å². The molecule has 4 bridgehead atoms. The lowest BCUT2D eigenvalue weighted by Crippen LogP contribution is -2.75. The lowest BCUT2D eigenvalue weighted by molar-refractivity contribution is -0.243. The van der Waals surface area contributed by atoms with Gasteiger partial charge >= 0.3 is 5.97 Å². The molecule has 3 unspecified atom stereocenters. The summed E-state index contributed by atoms with van der Waals surface area (Å²) in [5.41, 5.74) is -1.71. The van der Waals surface area contributed by atoms with Gasteiger partial charge in [0.1, 0.15) is 0 Å². The molecule has 6 aliphatic rings. The molecule has 6 rings (SSSR count). The van der Waals surface area contributed by atoms with Gasteiger partial charge in [0.2, 0.25) is 0 Å². The Morgan fingerprint density at radius 2 is 2.00 bits per heavy atom. The van der Waals surface area contributed by atoms with Gasteiger partial charge in [0.05, 0.1) is 24.0 Å². The molecule has 1 N–H and O–H groups in total. The minimum Gasteiger partial charge on any atom is -0.465 e. The number of aliphatic hydroxyl groups is 1. The Morgan fingerprint density at radius 3 is 2.73 bits per heavy atom. The molecule has 5 aliphatic carbocycles. The fraction of sp³-hybridized carbons (Fsp3) is 0.762. The minimum absolute atomic E-state index is 0.0748. The molecule has 0 aromatic rings. The SMILES string of the molecule is C=C1C(=O)C23CC[C@@H]1CC2[C@@]12CCC[C@@](C)(COC1=O)C2[C@H](CO)C3=O. The number of carbonyl (C=O) groups excluding carboxylic acids is 3. The van der Waals surface area contributed by atoms with E-state index < -0.39 is 16.7 Å². The summed E-state index contributed by atoms with van der Waals surface area (Å²) in [4.78, 5) is 40.2. The number of allylic oxidation sites excluding steroid dienone is 1. The summed E-state index contributed by atoms with van der Waals surface area (Å²) in [5.74, 6) is -1.62. The van der Waals surface area contributed by atoms with E-state index >= 15 is 0 Å². The van der Waals surface area contributed by atoms with Crippen LogP contribution in [-0.4, -0.2) is 35.9 Å². The maximum Gasteiger partial charge on any atom is 0.312 e. The van der Waals surface area contributed by atoms with Crippen molar-refractivity contribution < 1.29 is 24.2 Å². The Hall–Kier alpha value is -1.49. The average Bonchev–Trinajstić information content (AvgIpc) is 2.63. The third-order valence-electron chi connectivity index (χ3n) is 8.75. The van der Waals surface area contributed by atoms with E-state index in [9.17, 15) is 19.5 Å². The van der Waals surface area contributed by atoms with Gasteiger partial charge in [-0.15, -0.1) is 0 Å². The Bertz CT molecular complexity index is 756. The highest BCUT2D eigenvalue weighted by Crippen LogP contribution is 2.72. The molecule has 0 radical (unpaired) electrons. The summed E-state index contributed by atoms with van der Waals surface area (Å²) >= 11 is 0. The molecule has 1 saturated heterocycles. The Kier molecular flexibility index (Phi) is 3.12. The van der Waals surface area contributed by atoms with Gasteiger partial charge in [-0.3, -0.25) is 14.4 Å². The van der Waals surface area contributed by atoms with Crippen molar-refractivity contribution in [2.75, 3.05) is 13.2 Å². The first-order chi connectivity index (χ1) is 12.3. The van der Waals surface area contributed by atoms with Crippen molar-refractivity contribution >= 4 is 17.5 Å². The van der Waals surface area contributed by atoms with E-state index in [-0.39, 0.29) is 47.3 Å². The van der Waals surface area contributed by atoms with Crippen molar-refractivity contribution in [1.82, 2.24) is 0 Å². The van der Waals surface area contributed by atoms with Gasteiger partial charge < -0.3 is 9.84 Å². The Labute approximate surface area is 153 Å². The molecule has 6 fully saturated rings. The molecular weight excluding hydrogens is 332 g/mol. The first-order valence-electron chi connectivity index (χ1n) is 9.89. The molecule has 1 spiro atoms. The molecule has 5 nitrogen and oxygen atoms in total. The minimum atomic E-state index is -1.16. The lowest BCUT2D eigenvalue weighted by atomic mass is 9.33. The standard InChI is InChI=1S/C21H26O5/c1-11-12-4-7-21(16(11)23)14(8-12)20-6-3-5-19(2,10-26-18(20)25)15(20)13(9-22)17(21)24/h12-15,22H,1,3-10H2,2H3/t12-,13+,14?,15?,19+,20-,21?/m1/s1. The molecule has 0 amide bonds. The van der Waals surface area contributed by atoms with Crippen LogP contribution in [0.4, 0.5) is 0 Å². The molecule has 1 aliphatic heterocycles. The molecule has 1 heterocycles. The maximum absolute atomic E-state index is 13.7. The number of esters is 1. The highest BCUT2D eigenvalue weighted by atomic mass is 16.5. The van der Waals surface area contributed by atoms with Crippen LogP contribution in [0.5, 0.6) is 0 Å². The smallest absolute Gasteiger partial charge is 0.312 e. The summed E-state index contributed by atoms with van der Waals surface area (Å²) in [6.45, 7) is 6.09. The summed E-state index contributed by atoms with van der Waals surface area (Å²) < 4.78 is 5.69. The molecule has 26 heavy (non-hydrogen) atoms. The number of carbonyl (C=O) groups is 3. The predicted molar refractivity (Wildman–Crippen MR) is 91.8 cm³/mol. The van der Waals surface area contributed by atoms with Crippen molar-refractivity contribution in [3.05, 3.63) is 12.2 Å². The Balaban J connectivity index is 1.78. The summed E-state index contributed by atoms with van der Waals surface area (Å²) in [6.07, 6.45) is 4.40. The van der Waals surface area contributed by atoms with E-state index in [1.165, 1.54) is 0 Å². The van der Waals surface area contributed by atoms with E-state index in [0.717, 1.165) is 19.3 Å². The highest BCUT2D eigenvalue weighted by molar-refractivity contribution is 6.17. The molecule has 5 heteroatoms. The quantitative estimate of drug-likeness (QED) is 0.441. The molecule has 7 atom stereocenters. The predicted octanol–water partition coefficient (Wildman–Crippen LogP) is 2.07. The highest BCUT2D eigenvalue weighted by Gasteiger charge is 2.78. The normalized spacial score (nSPS) is 52.4. The van der Waals surface area contributed by atoms with E-state index in [4.69, 9.17) is 4.74 Å². The average molecular weight is 358 g/mol. The van der Waals surface area contributed by atoms with Gasteiger partial charge in [0.25, 0.3) is 0 Å².